The van der Waals surface area contributed by atoms with Gasteiger partial charge in [-0.3, -0.25) is 4.79 Å². The third-order valence-corrected chi connectivity index (χ3v) is 6.56. The number of rotatable bonds is 4. The summed E-state index contributed by atoms with van der Waals surface area (Å²) in [5, 5.41) is 0. The Hall–Kier alpha value is -2.87. The van der Waals surface area contributed by atoms with Gasteiger partial charge in [-0.15, -0.1) is 0 Å². The van der Waals surface area contributed by atoms with E-state index in [1.165, 1.54) is 22.3 Å². The maximum atomic E-state index is 12.8. The minimum absolute atomic E-state index is 0.00808. The van der Waals surface area contributed by atoms with Crippen molar-refractivity contribution in [1.82, 2.24) is 4.90 Å². The fraction of sp³-hybridized carbons (Fsp3) is 0.269. The lowest BCUT2D eigenvalue weighted by molar-refractivity contribution is -0.131. The fourth-order valence-corrected chi connectivity index (χ4v) is 5.21. The van der Waals surface area contributed by atoms with E-state index in [2.05, 4.69) is 77.7 Å². The van der Waals surface area contributed by atoms with Gasteiger partial charge in [0.1, 0.15) is 0 Å². The van der Waals surface area contributed by atoms with Crippen LogP contribution in [0.1, 0.15) is 42.9 Å². The standard InChI is InChI=1S/C26H25NO/c28-25-16-18-26(17-15-24(27(25)26)23-9-5-2-6-10-23)19-20-11-13-22(14-12-20)21-7-3-1-4-8-21/h1-14,24H,15-19H2/t24-,26-/m0/s1. The molecule has 28 heavy (non-hydrogen) atoms. The van der Waals surface area contributed by atoms with Gasteiger partial charge in [-0.05, 0) is 47.9 Å². The first kappa shape index (κ1) is 17.2. The van der Waals surface area contributed by atoms with Crippen LogP contribution < -0.4 is 0 Å². The van der Waals surface area contributed by atoms with Gasteiger partial charge in [-0.25, -0.2) is 0 Å². The van der Waals surface area contributed by atoms with Gasteiger partial charge >= 0.3 is 0 Å². The summed E-state index contributed by atoms with van der Waals surface area (Å²) in [5.41, 5.74) is 5.09. The Morgan fingerprint density at radius 2 is 1.43 bits per heavy atom. The summed E-state index contributed by atoms with van der Waals surface area (Å²) in [5.74, 6) is 0.326. The van der Waals surface area contributed by atoms with Crippen molar-refractivity contribution in [2.45, 2.75) is 43.7 Å². The van der Waals surface area contributed by atoms with E-state index in [9.17, 15) is 4.79 Å². The molecule has 0 aliphatic carbocycles. The van der Waals surface area contributed by atoms with Crippen LogP contribution in [-0.4, -0.2) is 16.3 Å². The topological polar surface area (TPSA) is 20.3 Å². The van der Waals surface area contributed by atoms with E-state index < -0.39 is 0 Å². The number of hydrogen-bond donors (Lipinski definition) is 0. The molecule has 2 nitrogen and oxygen atoms in total. The van der Waals surface area contributed by atoms with Crippen LogP contribution in [0, 0.1) is 0 Å². The van der Waals surface area contributed by atoms with Gasteiger partial charge in [0.15, 0.2) is 0 Å². The van der Waals surface area contributed by atoms with Crippen molar-refractivity contribution in [3.8, 4) is 11.1 Å². The monoisotopic (exact) mass is 367 g/mol. The highest BCUT2D eigenvalue weighted by Gasteiger charge is 2.52. The van der Waals surface area contributed by atoms with Crippen molar-refractivity contribution in [1.29, 1.82) is 0 Å². The van der Waals surface area contributed by atoms with E-state index in [4.69, 9.17) is 0 Å². The smallest absolute Gasteiger partial charge is 0.223 e. The second-order valence-electron chi connectivity index (χ2n) is 8.19. The van der Waals surface area contributed by atoms with E-state index in [1.54, 1.807) is 0 Å². The maximum absolute atomic E-state index is 12.8. The van der Waals surface area contributed by atoms with E-state index in [1.807, 2.05) is 12.1 Å². The van der Waals surface area contributed by atoms with Crippen molar-refractivity contribution >= 4 is 5.91 Å². The Balaban J connectivity index is 1.40. The quantitative estimate of drug-likeness (QED) is 0.571. The van der Waals surface area contributed by atoms with Crippen molar-refractivity contribution in [2.24, 2.45) is 0 Å². The molecule has 2 fully saturated rings. The number of benzene rings is 3. The highest BCUT2D eigenvalue weighted by atomic mass is 16.2. The Labute approximate surface area is 166 Å². The van der Waals surface area contributed by atoms with Crippen molar-refractivity contribution in [2.75, 3.05) is 0 Å². The first-order valence-corrected chi connectivity index (χ1v) is 10.3. The largest absolute Gasteiger partial charge is 0.330 e. The summed E-state index contributed by atoms with van der Waals surface area (Å²) in [6, 6.07) is 30.2. The minimum Gasteiger partial charge on any atom is -0.330 e. The number of amides is 1. The van der Waals surface area contributed by atoms with Crippen LogP contribution >= 0.6 is 0 Å². The van der Waals surface area contributed by atoms with Gasteiger partial charge in [-0.1, -0.05) is 84.9 Å². The molecule has 0 spiro atoms. The fourth-order valence-electron chi connectivity index (χ4n) is 5.21. The predicted molar refractivity (Wildman–Crippen MR) is 113 cm³/mol. The molecule has 3 aromatic carbocycles. The van der Waals surface area contributed by atoms with E-state index in [0.29, 0.717) is 12.3 Å². The number of hydrogen-bond acceptors (Lipinski definition) is 1. The lowest BCUT2D eigenvalue weighted by Gasteiger charge is -2.36. The molecule has 0 N–H and O–H groups in total. The van der Waals surface area contributed by atoms with E-state index in [-0.39, 0.29) is 11.6 Å². The zero-order chi connectivity index (χ0) is 19.0. The average molecular weight is 367 g/mol. The second-order valence-corrected chi connectivity index (χ2v) is 8.19. The summed E-state index contributed by atoms with van der Waals surface area (Å²) in [6.07, 6.45) is 4.79. The second kappa shape index (κ2) is 6.94. The minimum atomic E-state index is -0.00808. The first-order chi connectivity index (χ1) is 13.8. The average Bonchev–Trinajstić information content (AvgIpc) is 3.27. The lowest BCUT2D eigenvalue weighted by Crippen LogP contribution is -2.43. The summed E-state index contributed by atoms with van der Waals surface area (Å²) in [7, 11) is 0. The SMILES string of the molecule is O=C1CC[C@]2(Cc3ccc(-c4ccccc4)cc3)CC[C@@H](c3ccccc3)N12. The molecule has 1 amide bonds. The zero-order valence-corrected chi connectivity index (χ0v) is 16.1. The third kappa shape index (κ3) is 2.93. The number of carbonyl (C=O) groups excluding carboxylic acids is 1. The van der Waals surface area contributed by atoms with Crippen molar-refractivity contribution < 1.29 is 4.79 Å². The van der Waals surface area contributed by atoms with Gasteiger partial charge in [0.05, 0.1) is 6.04 Å². The van der Waals surface area contributed by atoms with Gasteiger partial charge in [0.25, 0.3) is 0 Å². The number of nitrogens with zero attached hydrogens (tertiary/aromatic N) is 1. The summed E-state index contributed by atoms with van der Waals surface area (Å²) in [4.78, 5) is 15.0. The highest BCUT2D eigenvalue weighted by molar-refractivity contribution is 5.81. The molecular weight excluding hydrogens is 342 g/mol. The van der Waals surface area contributed by atoms with Crippen LogP contribution in [0.4, 0.5) is 0 Å². The molecule has 2 heteroatoms. The summed E-state index contributed by atoms with van der Waals surface area (Å²) >= 11 is 0. The number of carbonyl (C=O) groups is 1. The Kier molecular flexibility index (Phi) is 4.27. The molecule has 0 saturated carbocycles. The molecule has 3 aromatic rings. The van der Waals surface area contributed by atoms with Gasteiger partial charge in [0.2, 0.25) is 5.91 Å². The van der Waals surface area contributed by atoms with Crippen LogP contribution in [0.2, 0.25) is 0 Å². The van der Waals surface area contributed by atoms with Crippen LogP contribution in [-0.2, 0) is 11.2 Å². The van der Waals surface area contributed by atoms with Gasteiger partial charge in [-0.2, -0.15) is 0 Å². The van der Waals surface area contributed by atoms with Crippen LogP contribution in [0.3, 0.4) is 0 Å². The predicted octanol–water partition coefficient (Wildman–Crippen LogP) is 5.79. The van der Waals surface area contributed by atoms with Crippen LogP contribution in [0.25, 0.3) is 11.1 Å². The van der Waals surface area contributed by atoms with Gasteiger partial charge in [0, 0.05) is 12.0 Å². The van der Waals surface area contributed by atoms with Gasteiger partial charge < -0.3 is 4.90 Å². The molecule has 5 rings (SSSR count). The Bertz CT molecular complexity index is 964. The molecule has 2 heterocycles. The number of fused-ring (bicyclic) bond motifs is 1. The molecular formula is C26H25NO. The molecule has 2 saturated heterocycles. The summed E-state index contributed by atoms with van der Waals surface area (Å²) < 4.78 is 0. The lowest BCUT2D eigenvalue weighted by atomic mass is 9.86. The maximum Gasteiger partial charge on any atom is 0.223 e. The molecule has 0 aromatic heterocycles. The van der Waals surface area contributed by atoms with Crippen LogP contribution in [0.5, 0.6) is 0 Å². The normalized spacial score (nSPS) is 23.8. The van der Waals surface area contributed by atoms with Crippen molar-refractivity contribution in [3.63, 3.8) is 0 Å². The molecule has 0 radical (unpaired) electrons. The highest BCUT2D eigenvalue weighted by Crippen LogP contribution is 2.50. The molecule has 2 aliphatic heterocycles. The zero-order valence-electron chi connectivity index (χ0n) is 16.1. The molecule has 0 unspecified atom stereocenters. The molecule has 0 bridgehead atoms. The molecule has 2 atom stereocenters. The third-order valence-electron chi connectivity index (χ3n) is 6.56. The van der Waals surface area contributed by atoms with Crippen LogP contribution in [0.15, 0.2) is 84.9 Å². The first-order valence-electron chi connectivity index (χ1n) is 10.3. The van der Waals surface area contributed by atoms with E-state index >= 15 is 0 Å². The molecule has 2 aliphatic rings. The summed E-state index contributed by atoms with van der Waals surface area (Å²) in [6.45, 7) is 0. The Morgan fingerprint density at radius 1 is 0.786 bits per heavy atom. The van der Waals surface area contributed by atoms with E-state index in [0.717, 1.165) is 25.7 Å². The Morgan fingerprint density at radius 3 is 2.14 bits per heavy atom. The molecule has 140 valence electrons. The van der Waals surface area contributed by atoms with Crippen molar-refractivity contribution in [3.05, 3.63) is 96.1 Å².